The molecule has 0 heterocycles. The van der Waals surface area contributed by atoms with Gasteiger partial charge in [-0.3, -0.25) is 10.4 Å². The van der Waals surface area contributed by atoms with Gasteiger partial charge in [0.05, 0.1) is 0 Å². The maximum atomic E-state index is 5.49. The van der Waals surface area contributed by atoms with Gasteiger partial charge in [0.1, 0.15) is 0 Å². The van der Waals surface area contributed by atoms with Crippen molar-refractivity contribution < 1.29 is 4.74 Å². The van der Waals surface area contributed by atoms with Gasteiger partial charge in [0, 0.05) is 25.8 Å². The molecule has 0 saturated heterocycles. The fraction of sp³-hybridized carbons (Fsp3) is 0.923. The Bertz CT molecular complexity index is 239. The van der Waals surface area contributed by atoms with E-state index >= 15 is 0 Å². The van der Waals surface area contributed by atoms with E-state index in [1.54, 1.807) is 0 Å². The topological polar surface area (TPSA) is 71.7 Å². The van der Waals surface area contributed by atoms with E-state index < -0.39 is 0 Å². The van der Waals surface area contributed by atoms with Crippen molar-refractivity contribution in [3.05, 3.63) is 0 Å². The van der Waals surface area contributed by atoms with Crippen LogP contribution in [0.1, 0.15) is 46.0 Å². The standard InChI is InChI=1S/C13H28N4O/c1-3-18-10-6-9-15-13(17-14)16-11(2)12-7-4-5-8-12/h11-12H,3-10,14H2,1-2H3,(H2,15,16,17). The molecule has 0 bridgehead atoms. The van der Waals surface area contributed by atoms with Gasteiger partial charge in [-0.1, -0.05) is 12.8 Å². The average molecular weight is 256 g/mol. The first-order valence-corrected chi connectivity index (χ1v) is 7.13. The van der Waals surface area contributed by atoms with Gasteiger partial charge >= 0.3 is 0 Å². The number of ether oxygens (including phenoxy) is 1. The minimum Gasteiger partial charge on any atom is -0.382 e. The minimum atomic E-state index is 0.439. The summed E-state index contributed by atoms with van der Waals surface area (Å²) in [6.45, 7) is 6.48. The Morgan fingerprint density at radius 2 is 2.17 bits per heavy atom. The molecule has 106 valence electrons. The number of nitrogens with two attached hydrogens (primary N) is 1. The molecular formula is C13H28N4O. The van der Waals surface area contributed by atoms with Crippen molar-refractivity contribution in [3.63, 3.8) is 0 Å². The summed E-state index contributed by atoms with van der Waals surface area (Å²) in [5.74, 6) is 6.94. The zero-order chi connectivity index (χ0) is 13.2. The lowest BCUT2D eigenvalue weighted by Crippen LogP contribution is -2.47. The van der Waals surface area contributed by atoms with Gasteiger partial charge < -0.3 is 10.1 Å². The number of nitrogens with one attached hydrogen (secondary N) is 2. The van der Waals surface area contributed by atoms with Crippen LogP contribution in [0, 0.1) is 5.92 Å². The van der Waals surface area contributed by atoms with Crippen LogP contribution < -0.4 is 16.6 Å². The Hall–Kier alpha value is -0.810. The molecule has 1 aliphatic carbocycles. The molecule has 1 rings (SSSR count). The van der Waals surface area contributed by atoms with E-state index in [9.17, 15) is 0 Å². The summed E-state index contributed by atoms with van der Waals surface area (Å²) >= 11 is 0. The first kappa shape index (κ1) is 15.2. The van der Waals surface area contributed by atoms with Crippen LogP contribution in [0.5, 0.6) is 0 Å². The molecule has 1 saturated carbocycles. The molecule has 1 aliphatic rings. The van der Waals surface area contributed by atoms with Crippen LogP contribution in [-0.4, -0.2) is 31.8 Å². The number of nitrogens with zero attached hydrogens (tertiary/aromatic N) is 1. The lowest BCUT2D eigenvalue weighted by molar-refractivity contribution is 0.146. The fourth-order valence-electron chi connectivity index (χ4n) is 2.43. The molecule has 0 amide bonds. The molecule has 0 aliphatic heterocycles. The average Bonchev–Trinajstić information content (AvgIpc) is 2.91. The third-order valence-electron chi connectivity index (χ3n) is 3.53. The zero-order valence-electron chi connectivity index (χ0n) is 11.7. The lowest BCUT2D eigenvalue weighted by atomic mass is 10.0. The summed E-state index contributed by atoms with van der Waals surface area (Å²) in [4.78, 5) is 4.41. The second kappa shape index (κ2) is 9.16. The highest BCUT2D eigenvalue weighted by molar-refractivity contribution is 5.79. The predicted octanol–water partition coefficient (Wildman–Crippen LogP) is 1.40. The van der Waals surface area contributed by atoms with Crippen LogP contribution in [0.3, 0.4) is 0 Å². The van der Waals surface area contributed by atoms with Crippen molar-refractivity contribution in [3.8, 4) is 0 Å². The molecule has 0 spiro atoms. The van der Waals surface area contributed by atoms with Crippen LogP contribution in [-0.2, 0) is 4.74 Å². The Kier molecular flexibility index (Phi) is 7.76. The van der Waals surface area contributed by atoms with Gasteiger partial charge in [0.2, 0.25) is 5.96 Å². The van der Waals surface area contributed by atoms with E-state index in [2.05, 4.69) is 22.7 Å². The second-order valence-electron chi connectivity index (χ2n) is 4.90. The molecule has 1 fully saturated rings. The number of hydrazine groups is 1. The monoisotopic (exact) mass is 256 g/mol. The third-order valence-corrected chi connectivity index (χ3v) is 3.53. The van der Waals surface area contributed by atoms with E-state index in [1.165, 1.54) is 25.7 Å². The number of hydrogen-bond acceptors (Lipinski definition) is 3. The minimum absolute atomic E-state index is 0.439. The van der Waals surface area contributed by atoms with E-state index in [0.717, 1.165) is 32.1 Å². The van der Waals surface area contributed by atoms with Crippen molar-refractivity contribution in [1.82, 2.24) is 10.7 Å². The molecule has 0 aromatic rings. The van der Waals surface area contributed by atoms with E-state index in [1.807, 2.05) is 6.92 Å². The van der Waals surface area contributed by atoms with Crippen molar-refractivity contribution in [1.29, 1.82) is 0 Å². The Morgan fingerprint density at radius 1 is 1.44 bits per heavy atom. The summed E-state index contributed by atoms with van der Waals surface area (Å²) in [7, 11) is 0. The summed E-state index contributed by atoms with van der Waals surface area (Å²) in [5, 5.41) is 3.37. The lowest BCUT2D eigenvalue weighted by Gasteiger charge is -2.22. The quantitative estimate of drug-likeness (QED) is 0.212. The van der Waals surface area contributed by atoms with Gasteiger partial charge in [-0.2, -0.15) is 0 Å². The van der Waals surface area contributed by atoms with Crippen molar-refractivity contribution in [2.45, 2.75) is 52.0 Å². The molecular weight excluding hydrogens is 228 g/mol. The highest BCUT2D eigenvalue weighted by atomic mass is 16.5. The van der Waals surface area contributed by atoms with Crippen LogP contribution in [0.4, 0.5) is 0 Å². The molecule has 0 aromatic heterocycles. The zero-order valence-corrected chi connectivity index (χ0v) is 11.7. The number of rotatable bonds is 7. The maximum Gasteiger partial charge on any atom is 0.205 e. The summed E-state index contributed by atoms with van der Waals surface area (Å²) in [6.07, 6.45) is 6.27. The van der Waals surface area contributed by atoms with E-state index in [0.29, 0.717) is 12.0 Å². The van der Waals surface area contributed by atoms with E-state index in [-0.39, 0.29) is 0 Å². The highest BCUT2D eigenvalue weighted by Gasteiger charge is 2.21. The van der Waals surface area contributed by atoms with Crippen molar-refractivity contribution in [2.24, 2.45) is 16.8 Å². The Morgan fingerprint density at radius 3 is 2.78 bits per heavy atom. The van der Waals surface area contributed by atoms with Gasteiger partial charge in [0.25, 0.3) is 0 Å². The van der Waals surface area contributed by atoms with Gasteiger partial charge in [0.15, 0.2) is 0 Å². The molecule has 18 heavy (non-hydrogen) atoms. The summed E-state index contributed by atoms with van der Waals surface area (Å²) in [6, 6.07) is 0.439. The summed E-state index contributed by atoms with van der Waals surface area (Å²) < 4.78 is 5.27. The van der Waals surface area contributed by atoms with Crippen molar-refractivity contribution in [2.75, 3.05) is 19.8 Å². The van der Waals surface area contributed by atoms with Gasteiger partial charge in [-0.05, 0) is 39.0 Å². The van der Waals surface area contributed by atoms with Crippen LogP contribution in [0.2, 0.25) is 0 Å². The molecule has 5 heteroatoms. The van der Waals surface area contributed by atoms with Gasteiger partial charge in [-0.25, -0.2) is 5.84 Å². The molecule has 4 N–H and O–H groups in total. The first-order chi connectivity index (χ1) is 8.77. The van der Waals surface area contributed by atoms with Crippen LogP contribution in [0.15, 0.2) is 4.99 Å². The smallest absolute Gasteiger partial charge is 0.205 e. The van der Waals surface area contributed by atoms with Crippen molar-refractivity contribution >= 4 is 5.96 Å². The molecule has 1 unspecified atom stereocenters. The van der Waals surface area contributed by atoms with Gasteiger partial charge in [-0.15, -0.1) is 0 Å². The molecule has 1 atom stereocenters. The highest BCUT2D eigenvalue weighted by Crippen LogP contribution is 2.27. The molecule has 5 nitrogen and oxygen atoms in total. The first-order valence-electron chi connectivity index (χ1n) is 7.13. The Balaban J connectivity index is 2.24. The Labute approximate surface area is 111 Å². The second-order valence-corrected chi connectivity index (χ2v) is 4.90. The number of aliphatic imine (C=N–C) groups is 1. The predicted molar refractivity (Wildman–Crippen MR) is 75.3 cm³/mol. The SMILES string of the molecule is CCOCCCN=C(NN)NC(C)C1CCCC1. The fourth-order valence-corrected chi connectivity index (χ4v) is 2.43. The number of guanidine groups is 1. The maximum absolute atomic E-state index is 5.49. The van der Waals surface area contributed by atoms with Crippen LogP contribution >= 0.6 is 0 Å². The van der Waals surface area contributed by atoms with E-state index in [4.69, 9.17) is 10.6 Å². The summed E-state index contributed by atoms with van der Waals surface area (Å²) in [5.41, 5.74) is 2.65. The normalized spacial score (nSPS) is 18.9. The van der Waals surface area contributed by atoms with Crippen LogP contribution in [0.25, 0.3) is 0 Å². The molecule has 0 aromatic carbocycles. The molecule has 0 radical (unpaired) electrons. The largest absolute Gasteiger partial charge is 0.382 e. The number of hydrogen-bond donors (Lipinski definition) is 3. The third kappa shape index (κ3) is 5.69.